The van der Waals surface area contributed by atoms with E-state index >= 15 is 0 Å². The summed E-state index contributed by atoms with van der Waals surface area (Å²) in [7, 11) is 8.36. The minimum atomic E-state index is -1.87. The van der Waals surface area contributed by atoms with Crippen molar-refractivity contribution in [1.82, 2.24) is 15.1 Å². The number of carbonyl (C=O) groups excluding carboxylic acids is 4. The minimum absolute atomic E-state index is 0.00739. The molecule has 4 fully saturated rings. The van der Waals surface area contributed by atoms with Crippen LogP contribution in [0, 0.1) is 23.7 Å². The van der Waals surface area contributed by atoms with Crippen molar-refractivity contribution in [3.8, 4) is 0 Å². The molecule has 4 aliphatic heterocycles. The van der Waals surface area contributed by atoms with Crippen molar-refractivity contribution in [1.29, 1.82) is 0 Å². The molecule has 1 unspecified atom stereocenters. The first-order valence-electron chi connectivity index (χ1n) is 28.4. The number of carbonyl (C=O) groups is 4. The first kappa shape index (κ1) is 64.9. The van der Waals surface area contributed by atoms with Crippen LogP contribution in [-0.2, 0) is 52.3 Å². The number of Topliss-reactive ketones (excluding diaryl/α,β-unsaturated/α-hetero) is 1. The van der Waals surface area contributed by atoms with Crippen molar-refractivity contribution in [2.75, 3.05) is 78.3 Å². The van der Waals surface area contributed by atoms with E-state index in [9.17, 15) is 39.6 Å². The highest BCUT2D eigenvalue weighted by Gasteiger charge is 2.54. The Morgan fingerprint density at radius 2 is 1.61 bits per heavy atom. The molecule has 0 bridgehead atoms. The van der Waals surface area contributed by atoms with Gasteiger partial charge in [-0.1, -0.05) is 32.4 Å². The van der Waals surface area contributed by atoms with Gasteiger partial charge in [-0.25, -0.2) is 0 Å². The minimum Gasteiger partial charge on any atom is -0.468 e. The summed E-state index contributed by atoms with van der Waals surface area (Å²) in [5.41, 5.74) is -3.00. The SMILES string of the molecule is CC[C@H]1OC(=O)[C@H](C)[C@@H](O[C@H]2C[C@@](C)(OC)[C@@H](OC(=O)CCNCCNc3cc4c(cc3Cl)N(C3CC3)CC(C(=O)OC)C4=O)[C@H](C)O2)[C@H](C)[C@@H](O[C@@H]2O[C@H](C)C[C@H](N(C)C)[C@H]2O)[C@](C)(O)C[C@@H](C)CN(C)[C@H](C)[C@H](O)[C@]1(C)O. The van der Waals surface area contributed by atoms with E-state index in [1.165, 1.54) is 21.1 Å². The summed E-state index contributed by atoms with van der Waals surface area (Å²) in [6.07, 6.45) is -7.17. The Morgan fingerprint density at radius 1 is 0.924 bits per heavy atom. The van der Waals surface area contributed by atoms with Gasteiger partial charge in [0, 0.05) is 81.5 Å². The number of anilines is 2. The molecule has 4 heterocycles. The molecule has 6 rings (SSSR count). The third kappa shape index (κ3) is 15.1. The summed E-state index contributed by atoms with van der Waals surface area (Å²) < 4.78 is 49.9. The normalized spacial score (nSPS) is 39.3. The van der Waals surface area contributed by atoms with E-state index in [4.69, 9.17) is 49.5 Å². The molecule has 5 aliphatic rings. The molecule has 6 N–H and O–H groups in total. The lowest BCUT2D eigenvalue weighted by molar-refractivity contribution is -0.318. The summed E-state index contributed by atoms with van der Waals surface area (Å²) in [4.78, 5) is 60.1. The van der Waals surface area contributed by atoms with Crippen molar-refractivity contribution in [2.45, 2.75) is 211 Å². The average molecular weight is 1140 g/mol. The van der Waals surface area contributed by atoms with Crippen molar-refractivity contribution >= 4 is 46.7 Å². The fraction of sp³-hybridized carbons (Fsp3) is 0.825. The van der Waals surface area contributed by atoms with Crippen LogP contribution in [0.15, 0.2) is 12.1 Å². The largest absolute Gasteiger partial charge is 0.468 e. The summed E-state index contributed by atoms with van der Waals surface area (Å²) in [5, 5.41) is 55.1. The van der Waals surface area contributed by atoms with Crippen LogP contribution in [0.1, 0.15) is 125 Å². The Morgan fingerprint density at radius 3 is 2.23 bits per heavy atom. The molecular weight excluding hydrogens is 1050 g/mol. The number of cyclic esters (lactones) is 1. The third-order valence-electron chi connectivity index (χ3n) is 17.4. The Labute approximate surface area is 472 Å². The molecule has 450 valence electrons. The molecule has 3 saturated heterocycles. The molecule has 0 spiro atoms. The number of halogens is 1. The lowest BCUT2D eigenvalue weighted by Crippen LogP contribution is -2.61. The molecule has 79 heavy (non-hydrogen) atoms. The lowest BCUT2D eigenvalue weighted by atomic mass is 9.77. The van der Waals surface area contributed by atoms with Gasteiger partial charge in [0.25, 0.3) is 0 Å². The summed E-state index contributed by atoms with van der Waals surface area (Å²) in [6.45, 7) is 19.3. The molecule has 19 atom stereocenters. The number of ether oxygens (including phenoxy) is 8. The topological polar surface area (TPSA) is 257 Å². The Balaban J connectivity index is 1.16. The van der Waals surface area contributed by atoms with Crippen molar-refractivity contribution < 1.29 is 77.5 Å². The van der Waals surface area contributed by atoms with Crippen LogP contribution in [0.4, 0.5) is 11.4 Å². The van der Waals surface area contributed by atoms with Crippen LogP contribution in [-0.4, -0.2) is 218 Å². The van der Waals surface area contributed by atoms with Crippen molar-refractivity contribution in [2.24, 2.45) is 23.7 Å². The second kappa shape index (κ2) is 27.0. The highest BCUT2D eigenvalue weighted by Crippen LogP contribution is 2.44. The second-order valence-corrected chi connectivity index (χ2v) is 24.6. The zero-order valence-corrected chi connectivity index (χ0v) is 50.1. The predicted octanol–water partition coefficient (Wildman–Crippen LogP) is 4.15. The second-order valence-electron chi connectivity index (χ2n) is 24.2. The number of esters is 3. The maximum Gasteiger partial charge on any atom is 0.318 e. The highest BCUT2D eigenvalue weighted by atomic mass is 35.5. The first-order chi connectivity index (χ1) is 37.0. The monoisotopic (exact) mass is 1140 g/mol. The van der Waals surface area contributed by atoms with Crippen molar-refractivity contribution in [3.05, 3.63) is 22.7 Å². The molecule has 1 aromatic carbocycles. The fourth-order valence-corrected chi connectivity index (χ4v) is 12.7. The number of hydrogen-bond acceptors (Lipinski definition) is 21. The first-order valence-corrected chi connectivity index (χ1v) is 28.8. The van der Waals surface area contributed by atoms with E-state index in [2.05, 4.69) is 15.5 Å². The number of aliphatic hydroxyl groups excluding tert-OH is 2. The highest BCUT2D eigenvalue weighted by molar-refractivity contribution is 6.34. The van der Waals surface area contributed by atoms with Gasteiger partial charge >= 0.3 is 17.9 Å². The molecule has 0 radical (unpaired) electrons. The quantitative estimate of drug-likeness (QED) is 0.0554. The summed E-state index contributed by atoms with van der Waals surface area (Å²) >= 11 is 6.71. The zero-order valence-electron chi connectivity index (χ0n) is 49.4. The molecule has 1 saturated carbocycles. The number of likely N-dealkylation sites (N-methyl/N-ethyl adjacent to an activating group) is 2. The Hall–Kier alpha value is -3.29. The molecule has 1 aromatic rings. The Bertz CT molecular complexity index is 2240. The van der Waals surface area contributed by atoms with Crippen LogP contribution in [0.5, 0.6) is 0 Å². The number of methoxy groups -OCH3 is 2. The lowest BCUT2D eigenvalue weighted by Gasteiger charge is -2.49. The van der Waals surface area contributed by atoms with Gasteiger partial charge < -0.3 is 83.7 Å². The molecular formula is C57H94ClN5O16. The molecule has 0 amide bonds. The van der Waals surface area contributed by atoms with Gasteiger partial charge in [0.15, 0.2) is 24.5 Å². The van der Waals surface area contributed by atoms with Crippen molar-refractivity contribution in [3.63, 3.8) is 0 Å². The molecule has 1 aliphatic carbocycles. The van der Waals surface area contributed by atoms with E-state index < -0.39 is 114 Å². The standard InChI is InChI=1S/C57H94ClN5O16/c1-16-43-57(10,71)49(67)34(6)62(13)28-30(2)26-55(8,70)50(79-54-47(66)42(61(11)12)23-31(3)74-54)32(4)48(33(5)52(68)76-43)78-45-27-56(9,73-15)51(35(7)75-45)77-44(64)19-20-59-21-22-60-40-24-37-41(25-39(40)58)63(36-17-18-36)29-38(46(37)65)53(69)72-14/h24-25,30-36,38,42-43,45,47-51,54,59-60,66-67,70-71H,16-23,26-29H2,1-15H3/t30-,31-,32+,33-,34-,35+,38?,42+,43-,45+,47-,48+,49+,50-,51+,54+,55-,56-,57-/m1/s1. The summed E-state index contributed by atoms with van der Waals surface area (Å²) in [5.74, 6) is -5.17. The maximum absolute atomic E-state index is 14.6. The molecule has 0 aromatic heterocycles. The molecule has 22 heteroatoms. The number of ketones is 1. The maximum atomic E-state index is 14.6. The van der Waals surface area contributed by atoms with E-state index in [0.29, 0.717) is 48.0 Å². The van der Waals surface area contributed by atoms with Gasteiger partial charge in [-0.2, -0.15) is 0 Å². The number of fused-ring (bicyclic) bond motifs is 1. The van der Waals surface area contributed by atoms with E-state index in [1.807, 2.05) is 44.8 Å². The van der Waals surface area contributed by atoms with Gasteiger partial charge in [-0.05, 0) is 120 Å². The number of nitrogens with one attached hydrogen (secondary N) is 2. The zero-order chi connectivity index (χ0) is 58.6. The van der Waals surface area contributed by atoms with Gasteiger partial charge in [0.2, 0.25) is 0 Å². The number of hydrogen-bond donors (Lipinski definition) is 6. The average Bonchev–Trinajstić information content (AvgIpc) is 4.46. The van der Waals surface area contributed by atoms with Gasteiger partial charge in [0.05, 0.1) is 60.2 Å². The fourth-order valence-electron chi connectivity index (χ4n) is 12.5. The van der Waals surface area contributed by atoms with Crippen LogP contribution in [0.3, 0.4) is 0 Å². The number of benzene rings is 1. The third-order valence-corrected chi connectivity index (χ3v) is 17.7. The van der Waals surface area contributed by atoms with Crippen LogP contribution >= 0.6 is 11.6 Å². The number of nitrogens with zero attached hydrogens (tertiary/aromatic N) is 3. The number of rotatable bonds is 17. The van der Waals surface area contributed by atoms with Crippen LogP contribution < -0.4 is 15.5 Å². The van der Waals surface area contributed by atoms with Crippen LogP contribution in [0.25, 0.3) is 0 Å². The predicted molar refractivity (Wildman–Crippen MR) is 296 cm³/mol. The van der Waals surface area contributed by atoms with Gasteiger partial charge in [-0.3, -0.25) is 19.2 Å². The number of aliphatic hydroxyl groups is 4. The summed E-state index contributed by atoms with van der Waals surface area (Å²) in [6, 6.07) is 2.79. The van der Waals surface area contributed by atoms with E-state index in [0.717, 1.165) is 12.8 Å². The smallest absolute Gasteiger partial charge is 0.318 e. The molecule has 21 nitrogen and oxygen atoms in total. The Kier molecular flexibility index (Phi) is 22.1. The van der Waals surface area contributed by atoms with Crippen LogP contribution in [0.2, 0.25) is 5.02 Å². The van der Waals surface area contributed by atoms with Gasteiger partial charge in [0.1, 0.15) is 35.4 Å². The van der Waals surface area contributed by atoms with E-state index in [1.54, 1.807) is 60.6 Å². The van der Waals surface area contributed by atoms with E-state index in [-0.39, 0.29) is 68.7 Å². The van der Waals surface area contributed by atoms with Gasteiger partial charge in [-0.15, -0.1) is 0 Å².